The topological polar surface area (TPSA) is 77.5 Å². The maximum absolute atomic E-state index is 12.5. The van der Waals surface area contributed by atoms with Crippen LogP contribution >= 0.6 is 0 Å². The van der Waals surface area contributed by atoms with E-state index < -0.39 is 0 Å². The highest BCUT2D eigenvalue weighted by atomic mass is 16.5. The molecule has 0 spiro atoms. The monoisotopic (exact) mass is 449 g/mol. The summed E-state index contributed by atoms with van der Waals surface area (Å²) in [5.74, 6) is 1.40. The van der Waals surface area contributed by atoms with E-state index in [1.165, 1.54) is 4.90 Å². The third-order valence-corrected chi connectivity index (χ3v) is 6.19. The second-order valence-electron chi connectivity index (χ2n) is 8.13. The molecule has 1 N–H and O–H groups in total. The standard InChI is InChI=1S/C25H31N5O3/c1-26-25(29-17-15-28(16-18-29)21-11-5-6-12-22(21)33-2)27-13-7-8-14-30-23(31)19-9-3-4-10-20(19)24(30)32/h3-6,9-12H,7-8,13-18H2,1-2H3,(H,26,27). The van der Waals surface area contributed by atoms with Crippen LogP contribution in [-0.2, 0) is 0 Å². The molecule has 2 heterocycles. The first-order valence-corrected chi connectivity index (χ1v) is 11.4. The molecule has 0 radical (unpaired) electrons. The molecule has 0 atom stereocenters. The summed E-state index contributed by atoms with van der Waals surface area (Å²) in [6.07, 6.45) is 1.59. The molecule has 0 aromatic heterocycles. The van der Waals surface area contributed by atoms with Gasteiger partial charge in [-0.3, -0.25) is 19.5 Å². The number of hydrogen-bond acceptors (Lipinski definition) is 5. The van der Waals surface area contributed by atoms with Crippen LogP contribution in [0.2, 0.25) is 0 Å². The van der Waals surface area contributed by atoms with Crippen LogP contribution in [0.5, 0.6) is 5.75 Å². The average molecular weight is 450 g/mol. The predicted molar refractivity (Wildman–Crippen MR) is 129 cm³/mol. The fourth-order valence-electron chi connectivity index (χ4n) is 4.42. The molecule has 0 unspecified atom stereocenters. The van der Waals surface area contributed by atoms with Crippen molar-refractivity contribution in [2.24, 2.45) is 4.99 Å². The summed E-state index contributed by atoms with van der Waals surface area (Å²) >= 11 is 0. The van der Waals surface area contributed by atoms with E-state index in [0.29, 0.717) is 17.7 Å². The van der Waals surface area contributed by atoms with Gasteiger partial charge < -0.3 is 19.9 Å². The molecule has 2 amide bonds. The summed E-state index contributed by atoms with van der Waals surface area (Å²) in [4.78, 5) is 35.3. The number of para-hydroxylation sites is 2. The Balaban J connectivity index is 1.20. The molecule has 4 rings (SSSR count). The van der Waals surface area contributed by atoms with E-state index in [1.54, 1.807) is 38.4 Å². The molecule has 2 aliphatic heterocycles. The first-order chi connectivity index (χ1) is 16.1. The molecule has 1 saturated heterocycles. The number of amides is 2. The number of hydrogen-bond donors (Lipinski definition) is 1. The number of anilines is 1. The Morgan fingerprint density at radius 1 is 0.939 bits per heavy atom. The predicted octanol–water partition coefficient (Wildman–Crippen LogP) is 2.47. The summed E-state index contributed by atoms with van der Waals surface area (Å²) in [5.41, 5.74) is 2.14. The van der Waals surface area contributed by atoms with Crippen molar-refractivity contribution in [3.63, 3.8) is 0 Å². The highest BCUT2D eigenvalue weighted by molar-refractivity contribution is 6.21. The number of piperazine rings is 1. The van der Waals surface area contributed by atoms with Crippen molar-refractivity contribution < 1.29 is 14.3 Å². The first-order valence-electron chi connectivity index (χ1n) is 11.4. The molecule has 0 bridgehead atoms. The van der Waals surface area contributed by atoms with Crippen LogP contribution in [-0.4, -0.2) is 81.0 Å². The second-order valence-corrected chi connectivity index (χ2v) is 8.13. The molecule has 2 aliphatic rings. The number of carbonyl (C=O) groups is 2. The molecule has 0 saturated carbocycles. The molecule has 174 valence electrons. The quantitative estimate of drug-likeness (QED) is 0.303. The first kappa shape index (κ1) is 22.6. The lowest BCUT2D eigenvalue weighted by atomic mass is 10.1. The van der Waals surface area contributed by atoms with Crippen LogP contribution < -0.4 is 15.0 Å². The molecule has 33 heavy (non-hydrogen) atoms. The molecule has 1 fully saturated rings. The van der Waals surface area contributed by atoms with Gasteiger partial charge in [0.15, 0.2) is 5.96 Å². The van der Waals surface area contributed by atoms with Gasteiger partial charge in [0.1, 0.15) is 5.75 Å². The normalized spacial score (nSPS) is 16.3. The van der Waals surface area contributed by atoms with Gasteiger partial charge >= 0.3 is 0 Å². The maximum Gasteiger partial charge on any atom is 0.261 e. The number of imide groups is 1. The molecule has 8 nitrogen and oxygen atoms in total. The van der Waals surface area contributed by atoms with Crippen LogP contribution in [0.15, 0.2) is 53.5 Å². The minimum absolute atomic E-state index is 0.188. The number of unbranched alkanes of at least 4 members (excludes halogenated alkanes) is 1. The Hall–Kier alpha value is -3.55. The number of benzene rings is 2. The molecular weight excluding hydrogens is 418 g/mol. The summed E-state index contributed by atoms with van der Waals surface area (Å²) in [6, 6.07) is 15.1. The van der Waals surface area contributed by atoms with Crippen LogP contribution in [0.1, 0.15) is 33.6 Å². The Bertz CT molecular complexity index is 995. The fourth-order valence-corrected chi connectivity index (χ4v) is 4.42. The van der Waals surface area contributed by atoms with Crippen molar-refractivity contribution in [1.82, 2.24) is 15.1 Å². The van der Waals surface area contributed by atoms with E-state index in [1.807, 2.05) is 18.2 Å². The number of rotatable bonds is 7. The lowest BCUT2D eigenvalue weighted by molar-refractivity contribution is 0.0652. The van der Waals surface area contributed by atoms with E-state index in [-0.39, 0.29) is 11.8 Å². The van der Waals surface area contributed by atoms with Crippen molar-refractivity contribution in [1.29, 1.82) is 0 Å². The van der Waals surface area contributed by atoms with Crippen LogP contribution in [0.25, 0.3) is 0 Å². The lowest BCUT2D eigenvalue weighted by Gasteiger charge is -2.38. The van der Waals surface area contributed by atoms with Gasteiger partial charge in [-0.05, 0) is 37.1 Å². The molecule has 2 aromatic carbocycles. The summed E-state index contributed by atoms with van der Waals surface area (Å²) in [6.45, 7) is 4.69. The minimum atomic E-state index is -0.188. The van der Waals surface area contributed by atoms with Gasteiger partial charge in [-0.15, -0.1) is 0 Å². The van der Waals surface area contributed by atoms with Gasteiger partial charge in [-0.2, -0.15) is 0 Å². The Morgan fingerprint density at radius 2 is 1.58 bits per heavy atom. The Morgan fingerprint density at radius 3 is 2.21 bits per heavy atom. The number of ether oxygens (including phenoxy) is 1. The van der Waals surface area contributed by atoms with Gasteiger partial charge in [0.25, 0.3) is 11.8 Å². The van der Waals surface area contributed by atoms with E-state index in [2.05, 4.69) is 26.2 Å². The number of aliphatic imine (C=N–C) groups is 1. The molecule has 2 aromatic rings. The van der Waals surface area contributed by atoms with E-state index >= 15 is 0 Å². The Kier molecular flexibility index (Phi) is 7.12. The smallest absolute Gasteiger partial charge is 0.261 e. The molecule has 8 heteroatoms. The highest BCUT2D eigenvalue weighted by Gasteiger charge is 2.34. The van der Waals surface area contributed by atoms with E-state index in [9.17, 15) is 9.59 Å². The van der Waals surface area contributed by atoms with Crippen molar-refractivity contribution in [3.8, 4) is 5.75 Å². The van der Waals surface area contributed by atoms with Crippen molar-refractivity contribution in [3.05, 3.63) is 59.7 Å². The van der Waals surface area contributed by atoms with Gasteiger partial charge in [-0.25, -0.2) is 0 Å². The summed E-state index contributed by atoms with van der Waals surface area (Å²) < 4.78 is 5.50. The zero-order valence-corrected chi connectivity index (χ0v) is 19.3. The molecule has 0 aliphatic carbocycles. The van der Waals surface area contributed by atoms with Crippen LogP contribution in [0.4, 0.5) is 5.69 Å². The number of carbonyl (C=O) groups excluding carboxylic acids is 2. The van der Waals surface area contributed by atoms with Gasteiger partial charge in [0, 0.05) is 46.3 Å². The fraction of sp³-hybridized carbons (Fsp3) is 0.400. The minimum Gasteiger partial charge on any atom is -0.495 e. The number of nitrogens with one attached hydrogen (secondary N) is 1. The zero-order chi connectivity index (χ0) is 23.2. The summed E-state index contributed by atoms with van der Waals surface area (Å²) in [7, 11) is 3.50. The number of guanidine groups is 1. The number of methoxy groups -OCH3 is 1. The third-order valence-electron chi connectivity index (χ3n) is 6.19. The van der Waals surface area contributed by atoms with Crippen LogP contribution in [0.3, 0.4) is 0 Å². The van der Waals surface area contributed by atoms with Gasteiger partial charge in [0.05, 0.1) is 23.9 Å². The second kappa shape index (κ2) is 10.4. The third kappa shape index (κ3) is 4.79. The van der Waals surface area contributed by atoms with E-state index in [0.717, 1.165) is 63.0 Å². The number of fused-ring (bicyclic) bond motifs is 1. The average Bonchev–Trinajstić information content (AvgIpc) is 3.11. The zero-order valence-electron chi connectivity index (χ0n) is 19.3. The Labute approximate surface area is 194 Å². The van der Waals surface area contributed by atoms with E-state index in [4.69, 9.17) is 4.74 Å². The van der Waals surface area contributed by atoms with Crippen molar-refractivity contribution in [2.45, 2.75) is 12.8 Å². The van der Waals surface area contributed by atoms with Gasteiger partial charge in [-0.1, -0.05) is 24.3 Å². The SMILES string of the molecule is CN=C(NCCCCN1C(=O)c2ccccc2C1=O)N1CCN(c2ccccc2OC)CC1. The van der Waals surface area contributed by atoms with Gasteiger partial charge in [0.2, 0.25) is 0 Å². The van der Waals surface area contributed by atoms with Crippen molar-refractivity contribution >= 4 is 23.5 Å². The number of nitrogens with zero attached hydrogens (tertiary/aromatic N) is 4. The maximum atomic E-state index is 12.5. The summed E-state index contributed by atoms with van der Waals surface area (Å²) in [5, 5.41) is 3.43. The largest absolute Gasteiger partial charge is 0.495 e. The lowest BCUT2D eigenvalue weighted by Crippen LogP contribution is -2.52. The molecular formula is C25H31N5O3. The highest BCUT2D eigenvalue weighted by Crippen LogP contribution is 2.28. The van der Waals surface area contributed by atoms with Crippen LogP contribution in [0, 0.1) is 0 Å². The van der Waals surface area contributed by atoms with Crippen molar-refractivity contribution in [2.75, 3.05) is 58.3 Å².